The molecule has 0 saturated carbocycles. The van der Waals surface area contributed by atoms with Crippen molar-refractivity contribution in [3.63, 3.8) is 0 Å². The molecule has 1 saturated heterocycles. The molecular weight excluding hydrogens is 515 g/mol. The summed E-state index contributed by atoms with van der Waals surface area (Å²) in [6.07, 6.45) is 3.34. The molecule has 39 heavy (non-hydrogen) atoms. The summed E-state index contributed by atoms with van der Waals surface area (Å²) in [5.74, 6) is -1.27. The number of fused-ring (bicyclic) bond motifs is 1. The Hall–Kier alpha value is -4.15. The molecule has 4 heterocycles. The number of carbonyl (C=O) groups excluding carboxylic acids is 2. The van der Waals surface area contributed by atoms with Crippen LogP contribution in [0.5, 0.6) is 0 Å². The highest BCUT2D eigenvalue weighted by Crippen LogP contribution is 2.34. The van der Waals surface area contributed by atoms with E-state index in [9.17, 15) is 14.0 Å². The van der Waals surface area contributed by atoms with Crippen LogP contribution in [0.2, 0.25) is 0 Å². The summed E-state index contributed by atoms with van der Waals surface area (Å²) in [6.45, 7) is 4.19. The van der Waals surface area contributed by atoms with Crippen LogP contribution in [0, 0.1) is 5.82 Å². The fraction of sp³-hybridized carbons (Fsp3) is 0.241. The molecule has 0 radical (unpaired) electrons. The Kier molecular flexibility index (Phi) is 6.80. The van der Waals surface area contributed by atoms with Gasteiger partial charge in [0.1, 0.15) is 11.9 Å². The van der Waals surface area contributed by atoms with Crippen LogP contribution in [0.25, 0.3) is 11.1 Å². The third-order valence-corrected chi connectivity index (χ3v) is 7.93. The van der Waals surface area contributed by atoms with Crippen LogP contribution in [0.4, 0.5) is 15.2 Å². The molecule has 1 atom stereocenters. The number of hydrogen-bond acceptors (Lipinski definition) is 7. The summed E-state index contributed by atoms with van der Waals surface area (Å²) in [6, 6.07) is 14.9. The zero-order valence-electron chi connectivity index (χ0n) is 21.4. The Morgan fingerprint density at radius 3 is 2.54 bits per heavy atom. The minimum Gasteiger partial charge on any atom is -0.369 e. The van der Waals surface area contributed by atoms with Gasteiger partial charge in [-0.15, -0.1) is 11.3 Å². The number of likely N-dealkylation sites (N-methyl/N-ethyl adjacent to an activating group) is 1. The highest BCUT2D eigenvalue weighted by molar-refractivity contribution is 7.13. The summed E-state index contributed by atoms with van der Waals surface area (Å²) in [5, 5.41) is 4.91. The van der Waals surface area contributed by atoms with Gasteiger partial charge < -0.3 is 14.7 Å². The summed E-state index contributed by atoms with van der Waals surface area (Å²) in [7, 11) is 2.14. The summed E-state index contributed by atoms with van der Waals surface area (Å²) < 4.78 is 14.2. The summed E-state index contributed by atoms with van der Waals surface area (Å²) in [4.78, 5) is 41.9. The lowest BCUT2D eigenvalue weighted by Gasteiger charge is -2.34. The molecule has 4 aromatic rings. The molecule has 2 aromatic heterocycles. The number of nitrogens with zero attached hydrogens (tertiary/aromatic N) is 5. The quantitative estimate of drug-likeness (QED) is 0.388. The predicted molar refractivity (Wildman–Crippen MR) is 149 cm³/mol. The number of amides is 2. The zero-order valence-corrected chi connectivity index (χ0v) is 22.2. The number of halogens is 1. The van der Waals surface area contributed by atoms with E-state index in [0.717, 1.165) is 37.3 Å². The maximum atomic E-state index is 14.2. The third kappa shape index (κ3) is 5.13. The van der Waals surface area contributed by atoms with Gasteiger partial charge in [-0.2, -0.15) is 0 Å². The number of hydrogen-bond donors (Lipinski definition) is 1. The van der Waals surface area contributed by atoms with Gasteiger partial charge >= 0.3 is 0 Å². The number of nitrogens with one attached hydrogen (secondary N) is 1. The van der Waals surface area contributed by atoms with E-state index >= 15 is 0 Å². The molecule has 6 rings (SSSR count). The second-order valence-corrected chi connectivity index (χ2v) is 10.7. The molecule has 2 aliphatic heterocycles. The van der Waals surface area contributed by atoms with E-state index < -0.39 is 17.8 Å². The smallest absolute Gasteiger partial charge is 0.257 e. The monoisotopic (exact) mass is 542 g/mol. The molecule has 2 aliphatic rings. The maximum absolute atomic E-state index is 14.2. The predicted octanol–water partition coefficient (Wildman–Crippen LogP) is 4.43. The average molecular weight is 543 g/mol. The maximum Gasteiger partial charge on any atom is 0.257 e. The first-order valence-corrected chi connectivity index (χ1v) is 13.6. The number of thiazole rings is 1. The molecule has 0 aliphatic carbocycles. The topological polar surface area (TPSA) is 81.7 Å². The minimum absolute atomic E-state index is 0.142. The van der Waals surface area contributed by atoms with Crippen LogP contribution in [0.15, 0.2) is 72.4 Å². The molecule has 0 bridgehead atoms. The van der Waals surface area contributed by atoms with Gasteiger partial charge in [-0.05, 0) is 48.5 Å². The first-order chi connectivity index (χ1) is 19.0. The summed E-state index contributed by atoms with van der Waals surface area (Å²) >= 11 is 1.27. The Bertz CT molecular complexity index is 1500. The lowest BCUT2D eigenvalue weighted by atomic mass is 10.0. The van der Waals surface area contributed by atoms with E-state index in [1.54, 1.807) is 23.8 Å². The van der Waals surface area contributed by atoms with E-state index in [1.807, 2.05) is 18.2 Å². The first kappa shape index (κ1) is 25.1. The van der Waals surface area contributed by atoms with Crippen LogP contribution in [0.3, 0.4) is 0 Å². The molecule has 198 valence electrons. The molecular formula is C29H27FN6O2S. The Labute approximate surface area is 229 Å². The van der Waals surface area contributed by atoms with Crippen molar-refractivity contribution in [3.8, 4) is 11.1 Å². The van der Waals surface area contributed by atoms with Crippen molar-refractivity contribution < 1.29 is 14.0 Å². The van der Waals surface area contributed by atoms with Gasteiger partial charge in [0.15, 0.2) is 5.13 Å². The van der Waals surface area contributed by atoms with Crippen molar-refractivity contribution in [1.82, 2.24) is 19.8 Å². The molecule has 1 N–H and O–H groups in total. The highest BCUT2D eigenvalue weighted by atomic mass is 32.1. The van der Waals surface area contributed by atoms with Crippen LogP contribution < -0.4 is 10.2 Å². The molecule has 2 aromatic carbocycles. The van der Waals surface area contributed by atoms with E-state index in [1.165, 1.54) is 40.1 Å². The van der Waals surface area contributed by atoms with Crippen molar-refractivity contribution >= 4 is 34.0 Å². The van der Waals surface area contributed by atoms with E-state index in [4.69, 9.17) is 0 Å². The highest BCUT2D eigenvalue weighted by Gasteiger charge is 2.39. The first-order valence-electron chi connectivity index (χ1n) is 12.8. The van der Waals surface area contributed by atoms with Crippen LogP contribution in [0.1, 0.15) is 27.7 Å². The number of benzene rings is 2. The van der Waals surface area contributed by atoms with Gasteiger partial charge in [0, 0.05) is 55.2 Å². The number of aromatic nitrogens is 2. The van der Waals surface area contributed by atoms with Crippen molar-refractivity contribution in [3.05, 3.63) is 95.0 Å². The number of rotatable bonds is 6. The fourth-order valence-corrected chi connectivity index (χ4v) is 5.63. The van der Waals surface area contributed by atoms with Crippen LogP contribution in [-0.4, -0.2) is 64.8 Å². The van der Waals surface area contributed by atoms with E-state index in [0.29, 0.717) is 22.0 Å². The number of carbonyl (C=O) groups is 2. The molecule has 8 nitrogen and oxygen atoms in total. The Morgan fingerprint density at radius 2 is 1.82 bits per heavy atom. The van der Waals surface area contributed by atoms with Gasteiger partial charge in [-0.3, -0.25) is 19.9 Å². The normalized spacial score (nSPS) is 16.3. The van der Waals surface area contributed by atoms with Crippen LogP contribution in [-0.2, 0) is 11.3 Å². The Morgan fingerprint density at radius 1 is 1.03 bits per heavy atom. The minimum atomic E-state index is -1.04. The number of anilines is 2. The van der Waals surface area contributed by atoms with Crippen molar-refractivity contribution in [1.29, 1.82) is 0 Å². The largest absolute Gasteiger partial charge is 0.369 e. The number of pyridine rings is 1. The van der Waals surface area contributed by atoms with Crippen molar-refractivity contribution in [2.75, 3.05) is 43.4 Å². The van der Waals surface area contributed by atoms with Gasteiger partial charge in [0.2, 0.25) is 0 Å². The second kappa shape index (κ2) is 10.5. The van der Waals surface area contributed by atoms with Crippen molar-refractivity contribution in [2.24, 2.45) is 0 Å². The lowest BCUT2D eigenvalue weighted by Crippen LogP contribution is -2.44. The number of piperazine rings is 1. The molecule has 2 amide bonds. The second-order valence-electron chi connectivity index (χ2n) is 9.77. The standard InChI is InChI=1S/C29H27FN6O2S/c1-34-10-12-35(13-11-34)23-7-5-19(6-8-23)21-16-24-25(32-17-21)18-36(28(24)38)26(20-3-2-4-22(30)15-20)27(37)33-29-31-9-14-39-29/h2-9,14-17,26H,10-13,18H2,1H3,(H,31,33,37). The Balaban J connectivity index is 1.26. The fourth-order valence-electron chi connectivity index (χ4n) is 5.10. The van der Waals surface area contributed by atoms with Gasteiger partial charge in [0.05, 0.1) is 17.8 Å². The lowest BCUT2D eigenvalue weighted by molar-refractivity contribution is -0.120. The van der Waals surface area contributed by atoms with E-state index in [2.05, 4.69) is 44.3 Å². The molecule has 1 fully saturated rings. The summed E-state index contributed by atoms with van der Waals surface area (Å²) in [5.41, 5.74) is 4.36. The van der Waals surface area contributed by atoms with Crippen LogP contribution >= 0.6 is 11.3 Å². The van der Waals surface area contributed by atoms with Crippen molar-refractivity contribution in [2.45, 2.75) is 12.6 Å². The van der Waals surface area contributed by atoms with Gasteiger partial charge in [-0.1, -0.05) is 24.3 Å². The average Bonchev–Trinajstić information content (AvgIpc) is 3.57. The SMILES string of the molecule is CN1CCN(c2ccc(-c3cnc4c(c3)C(=O)N(C(C(=O)Nc3nccs3)c3cccc(F)c3)C4)cc2)CC1. The van der Waals surface area contributed by atoms with E-state index in [-0.39, 0.29) is 12.5 Å². The zero-order chi connectivity index (χ0) is 26.9. The van der Waals surface area contributed by atoms with Gasteiger partial charge in [-0.25, -0.2) is 9.37 Å². The molecule has 0 spiro atoms. The third-order valence-electron chi connectivity index (χ3n) is 7.24. The molecule has 10 heteroatoms. The van der Waals surface area contributed by atoms with Gasteiger partial charge in [0.25, 0.3) is 11.8 Å². The molecule has 1 unspecified atom stereocenters.